The fourth-order valence-electron chi connectivity index (χ4n) is 2.06. The van der Waals surface area contributed by atoms with Crippen LogP contribution in [0.5, 0.6) is 0 Å². The molecule has 0 spiro atoms. The standard InChI is InChI=1S/C16H16ClN3O3/c1-19(2)16(21)11-7-8-14(15(9-11)20(22)23)18-10-12-5-3-4-6-13(12)17/h3-9,18H,10H2,1-2H3. The van der Waals surface area contributed by atoms with Crippen LogP contribution in [-0.4, -0.2) is 29.8 Å². The van der Waals surface area contributed by atoms with Crippen molar-refractivity contribution >= 4 is 28.9 Å². The van der Waals surface area contributed by atoms with Gasteiger partial charge in [0.1, 0.15) is 5.69 Å². The minimum atomic E-state index is -0.513. The second-order valence-corrected chi connectivity index (χ2v) is 5.54. The first kappa shape index (κ1) is 16.8. The van der Waals surface area contributed by atoms with Gasteiger partial charge in [-0.05, 0) is 23.8 Å². The van der Waals surface area contributed by atoms with Gasteiger partial charge in [-0.2, -0.15) is 0 Å². The van der Waals surface area contributed by atoms with E-state index in [2.05, 4.69) is 5.32 Å². The highest BCUT2D eigenvalue weighted by molar-refractivity contribution is 6.31. The number of nitrogens with zero attached hydrogens (tertiary/aromatic N) is 2. The Hall–Kier alpha value is -2.60. The number of halogens is 1. The topological polar surface area (TPSA) is 75.5 Å². The molecule has 0 aromatic heterocycles. The minimum absolute atomic E-state index is 0.148. The van der Waals surface area contributed by atoms with Crippen LogP contribution in [0.15, 0.2) is 42.5 Å². The normalized spacial score (nSPS) is 10.2. The number of benzene rings is 2. The molecule has 0 bridgehead atoms. The molecule has 2 aromatic carbocycles. The smallest absolute Gasteiger partial charge is 0.293 e. The molecule has 0 fully saturated rings. The van der Waals surface area contributed by atoms with E-state index in [0.717, 1.165) is 5.56 Å². The summed E-state index contributed by atoms with van der Waals surface area (Å²) in [6.07, 6.45) is 0. The number of hydrogen-bond donors (Lipinski definition) is 1. The number of anilines is 1. The molecule has 0 saturated carbocycles. The molecule has 2 rings (SSSR count). The maximum absolute atomic E-state index is 11.9. The van der Waals surface area contributed by atoms with E-state index in [1.54, 1.807) is 26.2 Å². The van der Waals surface area contributed by atoms with Crippen molar-refractivity contribution in [2.24, 2.45) is 0 Å². The third-order valence-electron chi connectivity index (χ3n) is 3.27. The number of amides is 1. The highest BCUT2D eigenvalue weighted by Gasteiger charge is 2.18. The molecule has 1 amide bonds. The first-order valence-corrected chi connectivity index (χ1v) is 7.25. The average Bonchev–Trinajstić information content (AvgIpc) is 2.53. The number of carbonyl (C=O) groups is 1. The van der Waals surface area contributed by atoms with Crippen LogP contribution in [0.1, 0.15) is 15.9 Å². The number of nitrogens with one attached hydrogen (secondary N) is 1. The van der Waals surface area contributed by atoms with E-state index in [1.807, 2.05) is 18.2 Å². The van der Waals surface area contributed by atoms with Crippen LogP contribution in [0, 0.1) is 10.1 Å². The van der Waals surface area contributed by atoms with E-state index in [4.69, 9.17) is 11.6 Å². The highest BCUT2D eigenvalue weighted by Crippen LogP contribution is 2.27. The van der Waals surface area contributed by atoms with Gasteiger partial charge >= 0.3 is 0 Å². The lowest BCUT2D eigenvalue weighted by atomic mass is 10.1. The van der Waals surface area contributed by atoms with Crippen molar-refractivity contribution in [1.29, 1.82) is 0 Å². The lowest BCUT2D eigenvalue weighted by molar-refractivity contribution is -0.384. The molecule has 0 heterocycles. The average molecular weight is 334 g/mol. The van der Waals surface area contributed by atoms with Crippen LogP contribution < -0.4 is 5.32 Å². The van der Waals surface area contributed by atoms with Crippen molar-refractivity contribution in [3.63, 3.8) is 0 Å². The van der Waals surface area contributed by atoms with Gasteiger partial charge in [0.25, 0.3) is 11.6 Å². The maximum Gasteiger partial charge on any atom is 0.293 e. The molecule has 6 nitrogen and oxygen atoms in total. The molecule has 0 saturated heterocycles. The van der Waals surface area contributed by atoms with Gasteiger partial charge in [-0.1, -0.05) is 29.8 Å². The number of nitro groups is 1. The fourth-order valence-corrected chi connectivity index (χ4v) is 2.26. The van der Waals surface area contributed by atoms with E-state index in [9.17, 15) is 14.9 Å². The number of nitro benzene ring substituents is 1. The summed E-state index contributed by atoms with van der Waals surface area (Å²) in [5.41, 5.74) is 1.29. The number of rotatable bonds is 5. The summed E-state index contributed by atoms with van der Waals surface area (Å²) >= 11 is 6.07. The molecule has 0 aliphatic rings. The molecule has 0 radical (unpaired) electrons. The van der Waals surface area contributed by atoms with Crippen molar-refractivity contribution in [3.05, 3.63) is 68.7 Å². The minimum Gasteiger partial charge on any atom is -0.375 e. The lowest BCUT2D eigenvalue weighted by Gasteiger charge is -2.12. The third kappa shape index (κ3) is 3.98. The zero-order chi connectivity index (χ0) is 17.0. The fraction of sp³-hybridized carbons (Fsp3) is 0.188. The summed E-state index contributed by atoms with van der Waals surface area (Å²) < 4.78 is 0. The maximum atomic E-state index is 11.9. The van der Waals surface area contributed by atoms with E-state index in [1.165, 1.54) is 17.0 Å². The summed E-state index contributed by atoms with van der Waals surface area (Å²) in [7, 11) is 3.19. The first-order valence-electron chi connectivity index (χ1n) is 6.87. The molecule has 2 aromatic rings. The zero-order valence-electron chi connectivity index (χ0n) is 12.7. The van der Waals surface area contributed by atoms with Crippen molar-refractivity contribution in [2.75, 3.05) is 19.4 Å². The Morgan fingerprint density at radius 1 is 1.26 bits per heavy atom. The Balaban J connectivity index is 2.26. The first-order chi connectivity index (χ1) is 10.9. The Morgan fingerprint density at radius 3 is 2.57 bits per heavy atom. The van der Waals surface area contributed by atoms with E-state index >= 15 is 0 Å². The van der Waals surface area contributed by atoms with Crippen LogP contribution >= 0.6 is 11.6 Å². The molecule has 0 atom stereocenters. The van der Waals surface area contributed by atoms with Crippen LogP contribution in [0.2, 0.25) is 5.02 Å². The van der Waals surface area contributed by atoms with Gasteiger partial charge in [-0.15, -0.1) is 0 Å². The summed E-state index contributed by atoms with van der Waals surface area (Å²) in [6.45, 7) is 0.349. The lowest BCUT2D eigenvalue weighted by Crippen LogP contribution is -2.21. The van der Waals surface area contributed by atoms with Gasteiger partial charge < -0.3 is 10.2 Å². The van der Waals surface area contributed by atoms with Gasteiger partial charge in [0.05, 0.1) is 4.92 Å². The molecule has 23 heavy (non-hydrogen) atoms. The van der Waals surface area contributed by atoms with Crippen molar-refractivity contribution < 1.29 is 9.72 Å². The van der Waals surface area contributed by atoms with Gasteiger partial charge in [0, 0.05) is 37.3 Å². The summed E-state index contributed by atoms with van der Waals surface area (Å²) in [4.78, 5) is 24.0. The predicted octanol–water partition coefficient (Wildman–Crippen LogP) is 3.56. The molecular weight excluding hydrogens is 318 g/mol. The molecule has 0 aliphatic heterocycles. The predicted molar refractivity (Wildman–Crippen MR) is 89.9 cm³/mol. The van der Waals surface area contributed by atoms with Crippen LogP contribution in [0.3, 0.4) is 0 Å². The number of carbonyl (C=O) groups excluding carboxylic acids is 1. The van der Waals surface area contributed by atoms with Crippen molar-refractivity contribution in [3.8, 4) is 0 Å². The summed E-state index contributed by atoms with van der Waals surface area (Å²) in [6, 6.07) is 11.6. The van der Waals surface area contributed by atoms with Crippen molar-refractivity contribution in [1.82, 2.24) is 4.90 Å². The highest BCUT2D eigenvalue weighted by atomic mass is 35.5. The van der Waals surface area contributed by atoms with Crippen LogP contribution in [0.25, 0.3) is 0 Å². The Bertz CT molecular complexity index is 747. The number of hydrogen-bond acceptors (Lipinski definition) is 4. The summed E-state index contributed by atoms with van der Waals surface area (Å²) in [5, 5.41) is 14.8. The Kier molecular flexibility index (Phi) is 5.18. The SMILES string of the molecule is CN(C)C(=O)c1ccc(NCc2ccccc2Cl)c([N+](=O)[O-])c1. The second kappa shape index (κ2) is 7.11. The van der Waals surface area contributed by atoms with Crippen molar-refractivity contribution in [2.45, 2.75) is 6.54 Å². The van der Waals surface area contributed by atoms with Gasteiger partial charge in [0.2, 0.25) is 0 Å². The van der Waals surface area contributed by atoms with Gasteiger partial charge in [-0.25, -0.2) is 0 Å². The largest absolute Gasteiger partial charge is 0.375 e. The van der Waals surface area contributed by atoms with Crippen LogP contribution in [-0.2, 0) is 6.54 Å². The van der Waals surface area contributed by atoms with E-state index in [0.29, 0.717) is 17.3 Å². The van der Waals surface area contributed by atoms with Gasteiger partial charge in [0.15, 0.2) is 0 Å². The molecule has 120 valence electrons. The zero-order valence-corrected chi connectivity index (χ0v) is 13.5. The summed E-state index contributed by atoms with van der Waals surface area (Å²) in [5.74, 6) is -0.286. The molecule has 0 unspecified atom stereocenters. The molecule has 0 aliphatic carbocycles. The monoisotopic (exact) mass is 333 g/mol. The molecular formula is C16H16ClN3O3. The van der Waals surface area contributed by atoms with E-state index < -0.39 is 4.92 Å². The second-order valence-electron chi connectivity index (χ2n) is 5.13. The van der Waals surface area contributed by atoms with Gasteiger partial charge in [-0.3, -0.25) is 14.9 Å². The molecule has 1 N–H and O–H groups in total. The Morgan fingerprint density at radius 2 is 1.96 bits per heavy atom. The quantitative estimate of drug-likeness (QED) is 0.670. The molecule has 7 heteroatoms. The Labute approximate surface area is 138 Å². The third-order valence-corrected chi connectivity index (χ3v) is 3.64. The van der Waals surface area contributed by atoms with E-state index in [-0.39, 0.29) is 17.2 Å². The van der Waals surface area contributed by atoms with Crippen LogP contribution in [0.4, 0.5) is 11.4 Å².